The fraction of sp³-hybridized carbons (Fsp3) is 0.308. The van der Waals surface area contributed by atoms with Gasteiger partial charge in [0.1, 0.15) is 17.4 Å². The van der Waals surface area contributed by atoms with Crippen molar-refractivity contribution in [2.24, 2.45) is 0 Å². The number of amides is 2. The van der Waals surface area contributed by atoms with Gasteiger partial charge < -0.3 is 15.3 Å². The van der Waals surface area contributed by atoms with Crippen molar-refractivity contribution in [2.75, 3.05) is 12.4 Å². The molecular formula is C13H14FN3O3. The van der Waals surface area contributed by atoms with Crippen molar-refractivity contribution in [1.82, 2.24) is 4.90 Å². The Morgan fingerprint density at radius 2 is 2.05 bits per heavy atom. The summed E-state index contributed by atoms with van der Waals surface area (Å²) in [7, 11) is 1.33. The molecule has 0 bridgehead atoms. The van der Waals surface area contributed by atoms with Crippen LogP contribution in [0.5, 0.6) is 0 Å². The first-order valence-corrected chi connectivity index (χ1v) is 5.68. The van der Waals surface area contributed by atoms with Gasteiger partial charge in [0.2, 0.25) is 0 Å². The lowest BCUT2D eigenvalue weighted by Gasteiger charge is -2.31. The van der Waals surface area contributed by atoms with E-state index in [4.69, 9.17) is 10.4 Å². The average Bonchev–Trinajstić information content (AvgIpc) is 2.39. The van der Waals surface area contributed by atoms with Gasteiger partial charge in [-0.15, -0.1) is 0 Å². The molecule has 0 unspecified atom stereocenters. The number of halogens is 1. The molecule has 2 N–H and O–H groups in total. The van der Waals surface area contributed by atoms with E-state index in [0.29, 0.717) is 0 Å². The monoisotopic (exact) mass is 279 g/mol. The standard InChI is InChI=1S/C13H14FN3O3/c1-13(2,11(18)19)17(3)12(20)16-9-4-5-10(14)8(6-9)7-15/h4-6H,1-3H3,(H,16,20)(H,18,19). The van der Waals surface area contributed by atoms with Gasteiger partial charge in [-0.3, -0.25) is 0 Å². The highest BCUT2D eigenvalue weighted by Crippen LogP contribution is 2.17. The summed E-state index contributed by atoms with van der Waals surface area (Å²) < 4.78 is 13.1. The van der Waals surface area contributed by atoms with Gasteiger partial charge in [-0.05, 0) is 32.0 Å². The summed E-state index contributed by atoms with van der Waals surface area (Å²) in [6, 6.07) is 4.49. The van der Waals surface area contributed by atoms with E-state index in [2.05, 4.69) is 5.32 Å². The number of nitriles is 1. The molecule has 1 aromatic rings. The highest BCUT2D eigenvalue weighted by atomic mass is 19.1. The van der Waals surface area contributed by atoms with E-state index in [0.717, 1.165) is 11.0 Å². The lowest BCUT2D eigenvalue weighted by Crippen LogP contribution is -2.52. The summed E-state index contributed by atoms with van der Waals surface area (Å²) in [6.45, 7) is 2.75. The fourth-order valence-corrected chi connectivity index (χ4v) is 1.29. The minimum atomic E-state index is -1.40. The summed E-state index contributed by atoms with van der Waals surface area (Å²) in [5, 5.41) is 20.1. The number of anilines is 1. The van der Waals surface area contributed by atoms with Gasteiger partial charge in [-0.25, -0.2) is 14.0 Å². The summed E-state index contributed by atoms with van der Waals surface area (Å²) in [5.41, 5.74) is -1.40. The molecule has 0 fully saturated rings. The third-order valence-electron chi connectivity index (χ3n) is 3.00. The van der Waals surface area contributed by atoms with E-state index >= 15 is 0 Å². The Labute approximate surface area is 115 Å². The molecule has 2 amide bonds. The maximum atomic E-state index is 13.1. The number of likely N-dealkylation sites (N-methyl/N-ethyl adjacent to an activating group) is 1. The number of aliphatic carboxylic acids is 1. The third kappa shape index (κ3) is 3.03. The van der Waals surface area contributed by atoms with E-state index in [1.165, 1.54) is 33.0 Å². The molecule has 6 nitrogen and oxygen atoms in total. The first-order chi connectivity index (χ1) is 9.20. The van der Waals surface area contributed by atoms with Crippen molar-refractivity contribution in [3.63, 3.8) is 0 Å². The Hall–Kier alpha value is -2.62. The summed E-state index contributed by atoms with van der Waals surface area (Å²) in [6.07, 6.45) is 0. The van der Waals surface area contributed by atoms with Gasteiger partial charge >= 0.3 is 12.0 Å². The van der Waals surface area contributed by atoms with Crippen LogP contribution >= 0.6 is 0 Å². The molecule has 1 rings (SSSR count). The smallest absolute Gasteiger partial charge is 0.329 e. The predicted octanol–water partition coefficient (Wildman–Crippen LogP) is 2.02. The number of hydrogen-bond donors (Lipinski definition) is 2. The van der Waals surface area contributed by atoms with E-state index in [-0.39, 0.29) is 11.3 Å². The van der Waals surface area contributed by atoms with Crippen molar-refractivity contribution in [1.29, 1.82) is 5.26 Å². The lowest BCUT2D eigenvalue weighted by molar-refractivity contribution is -0.146. The number of carboxylic acids is 1. The highest BCUT2D eigenvalue weighted by Gasteiger charge is 2.35. The first-order valence-electron chi connectivity index (χ1n) is 5.68. The Morgan fingerprint density at radius 1 is 1.45 bits per heavy atom. The summed E-state index contributed by atoms with van der Waals surface area (Å²) in [4.78, 5) is 24.0. The Bertz CT molecular complexity index is 593. The topological polar surface area (TPSA) is 93.4 Å². The molecule has 0 saturated heterocycles. The lowest BCUT2D eigenvalue weighted by atomic mass is 10.1. The molecule has 7 heteroatoms. The number of benzene rings is 1. The number of urea groups is 1. The second-order valence-electron chi connectivity index (χ2n) is 4.66. The van der Waals surface area contributed by atoms with Crippen LogP contribution in [-0.2, 0) is 4.79 Å². The quantitative estimate of drug-likeness (QED) is 0.885. The largest absolute Gasteiger partial charge is 0.480 e. The van der Waals surface area contributed by atoms with Gasteiger partial charge in [-0.2, -0.15) is 5.26 Å². The molecule has 0 heterocycles. The van der Waals surface area contributed by atoms with E-state index in [9.17, 15) is 14.0 Å². The zero-order valence-electron chi connectivity index (χ0n) is 11.3. The van der Waals surface area contributed by atoms with E-state index in [1.807, 2.05) is 0 Å². The van der Waals surface area contributed by atoms with Gasteiger partial charge in [0.25, 0.3) is 0 Å². The van der Waals surface area contributed by atoms with Crippen LogP contribution in [0.3, 0.4) is 0 Å². The number of carbonyl (C=O) groups excluding carboxylic acids is 1. The molecule has 20 heavy (non-hydrogen) atoms. The molecular weight excluding hydrogens is 265 g/mol. The van der Waals surface area contributed by atoms with Crippen molar-refractivity contribution in [3.8, 4) is 6.07 Å². The molecule has 0 spiro atoms. The van der Waals surface area contributed by atoms with Crippen molar-refractivity contribution in [2.45, 2.75) is 19.4 Å². The van der Waals surface area contributed by atoms with Crippen LogP contribution in [-0.4, -0.2) is 34.6 Å². The van der Waals surface area contributed by atoms with E-state index in [1.54, 1.807) is 6.07 Å². The second kappa shape index (κ2) is 5.57. The minimum Gasteiger partial charge on any atom is -0.480 e. The first kappa shape index (κ1) is 15.4. The Balaban J connectivity index is 2.92. The van der Waals surface area contributed by atoms with Crippen LogP contribution in [0.2, 0.25) is 0 Å². The van der Waals surface area contributed by atoms with Crippen LogP contribution in [0.25, 0.3) is 0 Å². The van der Waals surface area contributed by atoms with Crippen molar-refractivity contribution in [3.05, 3.63) is 29.6 Å². The van der Waals surface area contributed by atoms with Gasteiger partial charge in [0, 0.05) is 12.7 Å². The van der Waals surface area contributed by atoms with Crippen LogP contribution in [0, 0.1) is 17.1 Å². The van der Waals surface area contributed by atoms with Crippen LogP contribution in [0.1, 0.15) is 19.4 Å². The number of carboxylic acid groups (broad SMARTS) is 1. The molecule has 0 aromatic heterocycles. The maximum absolute atomic E-state index is 13.1. The van der Waals surface area contributed by atoms with Crippen LogP contribution in [0.15, 0.2) is 18.2 Å². The molecule has 0 aliphatic heterocycles. The van der Waals surface area contributed by atoms with Crippen LogP contribution in [0.4, 0.5) is 14.9 Å². The van der Waals surface area contributed by atoms with Crippen molar-refractivity contribution >= 4 is 17.7 Å². The zero-order chi connectivity index (χ0) is 15.5. The average molecular weight is 279 g/mol. The zero-order valence-corrected chi connectivity index (χ0v) is 11.3. The molecule has 1 aromatic carbocycles. The second-order valence-corrected chi connectivity index (χ2v) is 4.66. The summed E-state index contributed by atoms with van der Waals surface area (Å²) >= 11 is 0. The fourth-order valence-electron chi connectivity index (χ4n) is 1.29. The van der Waals surface area contributed by atoms with Crippen LogP contribution < -0.4 is 5.32 Å². The summed E-state index contributed by atoms with van der Waals surface area (Å²) in [5.74, 6) is -1.85. The third-order valence-corrected chi connectivity index (χ3v) is 3.00. The number of nitrogens with zero attached hydrogens (tertiary/aromatic N) is 2. The van der Waals surface area contributed by atoms with Crippen molar-refractivity contribution < 1.29 is 19.1 Å². The van der Waals surface area contributed by atoms with Gasteiger partial charge in [0.15, 0.2) is 0 Å². The number of carbonyl (C=O) groups is 2. The molecule has 0 aliphatic rings. The van der Waals surface area contributed by atoms with Gasteiger partial charge in [-0.1, -0.05) is 0 Å². The molecule has 106 valence electrons. The Kier molecular flexibility index (Phi) is 4.30. The van der Waals surface area contributed by atoms with Gasteiger partial charge in [0.05, 0.1) is 5.56 Å². The molecule has 0 saturated carbocycles. The molecule has 0 aliphatic carbocycles. The Morgan fingerprint density at radius 3 is 2.55 bits per heavy atom. The highest BCUT2D eigenvalue weighted by molar-refractivity contribution is 5.93. The number of rotatable bonds is 3. The molecule has 0 atom stereocenters. The maximum Gasteiger partial charge on any atom is 0.329 e. The normalized spacial score (nSPS) is 10.6. The predicted molar refractivity (Wildman–Crippen MR) is 69.6 cm³/mol. The SMILES string of the molecule is CN(C(=O)Nc1ccc(F)c(C#N)c1)C(C)(C)C(=O)O. The van der Waals surface area contributed by atoms with E-state index < -0.39 is 23.4 Å². The molecule has 0 radical (unpaired) electrons. The number of nitrogens with one attached hydrogen (secondary N) is 1. The number of hydrogen-bond acceptors (Lipinski definition) is 3. The minimum absolute atomic E-state index is 0.206.